The van der Waals surface area contributed by atoms with Gasteiger partial charge < -0.3 is 9.47 Å². The van der Waals surface area contributed by atoms with Crippen LogP contribution >= 0.6 is 0 Å². The van der Waals surface area contributed by atoms with E-state index < -0.39 is 22.1 Å². The summed E-state index contributed by atoms with van der Waals surface area (Å²) in [5.41, 5.74) is 2.25. The molecule has 7 nitrogen and oxygen atoms in total. The monoisotopic (exact) mass is 457 g/mol. The maximum atomic E-state index is 12.6. The van der Waals surface area contributed by atoms with E-state index in [2.05, 4.69) is 0 Å². The Morgan fingerprint density at radius 3 is 2.28 bits per heavy atom. The maximum absolute atomic E-state index is 12.6. The fourth-order valence-corrected chi connectivity index (χ4v) is 4.67. The molecular weight excluding hydrogens is 430 g/mol. The fourth-order valence-electron chi connectivity index (χ4n) is 3.26. The molecule has 1 aliphatic heterocycles. The highest BCUT2D eigenvalue weighted by Crippen LogP contribution is 2.18. The van der Waals surface area contributed by atoms with Gasteiger partial charge in [-0.05, 0) is 42.7 Å². The van der Waals surface area contributed by atoms with Crippen LogP contribution in [0.25, 0.3) is 6.08 Å². The summed E-state index contributed by atoms with van der Waals surface area (Å²) in [6, 6.07) is 13.4. The molecule has 0 bridgehead atoms. The number of ether oxygens (including phenoxy) is 2. The van der Waals surface area contributed by atoms with Crippen molar-refractivity contribution in [3.63, 3.8) is 0 Å². The van der Waals surface area contributed by atoms with E-state index >= 15 is 0 Å². The molecule has 0 amide bonds. The van der Waals surface area contributed by atoms with Crippen LogP contribution in [0.1, 0.15) is 35.3 Å². The van der Waals surface area contributed by atoms with E-state index in [1.165, 1.54) is 35.5 Å². The third kappa shape index (κ3) is 5.91. The molecular formula is C24H27NO6S. The second-order valence-corrected chi connectivity index (χ2v) is 9.35. The number of benzene rings is 2. The summed E-state index contributed by atoms with van der Waals surface area (Å²) in [5.74, 6) is -0.923. The summed E-state index contributed by atoms with van der Waals surface area (Å²) in [4.78, 5) is 24.8. The van der Waals surface area contributed by atoms with Gasteiger partial charge in [0.05, 0.1) is 18.1 Å². The van der Waals surface area contributed by atoms with Crippen molar-refractivity contribution in [2.45, 2.75) is 31.3 Å². The zero-order chi connectivity index (χ0) is 23.1. The highest BCUT2D eigenvalue weighted by Gasteiger charge is 2.26. The summed E-state index contributed by atoms with van der Waals surface area (Å²) < 4.78 is 37.1. The van der Waals surface area contributed by atoms with Crippen molar-refractivity contribution >= 4 is 27.9 Å². The molecule has 0 saturated carbocycles. The molecule has 170 valence electrons. The van der Waals surface area contributed by atoms with Crippen LogP contribution in [-0.2, 0) is 30.7 Å². The van der Waals surface area contributed by atoms with Gasteiger partial charge >= 0.3 is 5.97 Å². The highest BCUT2D eigenvalue weighted by molar-refractivity contribution is 7.89. The average molecular weight is 458 g/mol. The van der Waals surface area contributed by atoms with Gasteiger partial charge in [-0.25, -0.2) is 13.2 Å². The van der Waals surface area contributed by atoms with Crippen molar-refractivity contribution in [2.75, 3.05) is 26.3 Å². The molecule has 1 unspecified atom stereocenters. The quantitative estimate of drug-likeness (QED) is 0.344. The van der Waals surface area contributed by atoms with Crippen LogP contribution in [0, 0.1) is 0 Å². The molecule has 2 aromatic rings. The van der Waals surface area contributed by atoms with Crippen LogP contribution in [-0.4, -0.2) is 56.9 Å². The molecule has 0 aromatic heterocycles. The Morgan fingerprint density at radius 2 is 1.69 bits per heavy atom. The first kappa shape index (κ1) is 23.8. The molecule has 32 heavy (non-hydrogen) atoms. The van der Waals surface area contributed by atoms with Crippen molar-refractivity contribution in [3.8, 4) is 0 Å². The lowest BCUT2D eigenvalue weighted by molar-refractivity contribution is -0.140. The third-order valence-corrected chi connectivity index (χ3v) is 7.12. The van der Waals surface area contributed by atoms with Crippen LogP contribution in [0.2, 0.25) is 0 Å². The molecule has 0 aliphatic carbocycles. The van der Waals surface area contributed by atoms with E-state index in [1.54, 1.807) is 24.3 Å². The molecule has 2 aromatic carbocycles. The Balaban J connectivity index is 1.58. The summed E-state index contributed by atoms with van der Waals surface area (Å²) in [5, 5.41) is 0. The smallest absolute Gasteiger partial charge is 0.331 e. The zero-order valence-corrected chi connectivity index (χ0v) is 19.0. The van der Waals surface area contributed by atoms with Gasteiger partial charge in [-0.2, -0.15) is 4.31 Å². The van der Waals surface area contributed by atoms with E-state index in [9.17, 15) is 18.0 Å². The number of ketones is 1. The SMILES string of the molecule is CCc1ccc(C(=O)C(C)OC(=O)/C=C/c2ccc(S(=O)(=O)N3CCOCC3)cc2)cc1. The number of morpholine rings is 1. The first-order valence-electron chi connectivity index (χ1n) is 10.5. The van der Waals surface area contributed by atoms with Gasteiger partial charge in [0.25, 0.3) is 0 Å². The van der Waals surface area contributed by atoms with Crippen molar-refractivity contribution in [1.82, 2.24) is 4.31 Å². The Kier molecular flexibility index (Phi) is 7.95. The number of carbonyl (C=O) groups is 2. The van der Waals surface area contributed by atoms with E-state index in [0.29, 0.717) is 37.4 Å². The third-order valence-electron chi connectivity index (χ3n) is 5.21. The standard InChI is InChI=1S/C24H27NO6S/c1-3-19-4-9-21(10-5-19)24(27)18(2)31-23(26)13-8-20-6-11-22(12-7-20)32(28,29)25-14-16-30-17-15-25/h4-13,18H,3,14-17H2,1-2H3/b13-8+. The minimum absolute atomic E-state index is 0.187. The van der Waals surface area contributed by atoms with Gasteiger partial charge in [-0.1, -0.05) is 43.3 Å². The summed E-state index contributed by atoms with van der Waals surface area (Å²) in [6.45, 7) is 4.99. The van der Waals surface area contributed by atoms with Gasteiger partial charge in [0.2, 0.25) is 15.8 Å². The zero-order valence-electron chi connectivity index (χ0n) is 18.2. The summed E-state index contributed by atoms with van der Waals surface area (Å²) in [6.07, 6.45) is 2.70. The number of sulfonamides is 1. The second-order valence-electron chi connectivity index (χ2n) is 7.41. The lowest BCUT2D eigenvalue weighted by atomic mass is 10.0. The largest absolute Gasteiger partial charge is 0.451 e. The number of carbonyl (C=O) groups excluding carboxylic acids is 2. The molecule has 1 saturated heterocycles. The van der Waals surface area contributed by atoms with Gasteiger partial charge in [-0.3, -0.25) is 4.79 Å². The van der Waals surface area contributed by atoms with E-state index in [0.717, 1.165) is 12.0 Å². The van der Waals surface area contributed by atoms with E-state index in [1.807, 2.05) is 19.1 Å². The molecule has 1 atom stereocenters. The minimum Gasteiger partial charge on any atom is -0.451 e. The molecule has 3 rings (SSSR count). The fraction of sp³-hybridized carbons (Fsp3) is 0.333. The van der Waals surface area contributed by atoms with Crippen LogP contribution in [0.15, 0.2) is 59.5 Å². The van der Waals surface area contributed by atoms with Gasteiger partial charge in [0.15, 0.2) is 6.10 Å². The number of Topliss-reactive ketones (excluding diaryl/α,β-unsaturated/α-hetero) is 1. The Bertz CT molecular complexity index is 1070. The Morgan fingerprint density at radius 1 is 1.06 bits per heavy atom. The van der Waals surface area contributed by atoms with Crippen molar-refractivity contribution in [1.29, 1.82) is 0 Å². The number of nitrogens with zero attached hydrogens (tertiary/aromatic N) is 1. The number of esters is 1. The predicted octanol–water partition coefficient (Wildman–Crippen LogP) is 3.10. The van der Waals surface area contributed by atoms with Gasteiger partial charge in [0, 0.05) is 24.7 Å². The number of hydrogen-bond donors (Lipinski definition) is 0. The summed E-state index contributed by atoms with van der Waals surface area (Å²) in [7, 11) is -3.57. The average Bonchev–Trinajstić information content (AvgIpc) is 2.83. The first-order chi connectivity index (χ1) is 15.3. The topological polar surface area (TPSA) is 90.0 Å². The first-order valence-corrected chi connectivity index (χ1v) is 11.9. The molecule has 0 spiro atoms. The van der Waals surface area contributed by atoms with Crippen LogP contribution in [0.4, 0.5) is 0 Å². The Labute approximate surface area is 188 Å². The molecule has 0 N–H and O–H groups in total. The molecule has 1 fully saturated rings. The molecule has 1 aliphatic rings. The Hall–Kier alpha value is -2.81. The normalized spacial score (nSPS) is 16.1. The molecule has 1 heterocycles. The highest BCUT2D eigenvalue weighted by atomic mass is 32.2. The van der Waals surface area contributed by atoms with E-state index in [4.69, 9.17) is 9.47 Å². The lowest BCUT2D eigenvalue weighted by Crippen LogP contribution is -2.40. The number of hydrogen-bond acceptors (Lipinski definition) is 6. The summed E-state index contributed by atoms with van der Waals surface area (Å²) >= 11 is 0. The van der Waals surface area contributed by atoms with Crippen LogP contribution in [0.3, 0.4) is 0 Å². The predicted molar refractivity (Wildman–Crippen MR) is 121 cm³/mol. The maximum Gasteiger partial charge on any atom is 0.331 e. The molecule has 0 radical (unpaired) electrons. The van der Waals surface area contributed by atoms with Crippen LogP contribution < -0.4 is 0 Å². The van der Waals surface area contributed by atoms with Crippen molar-refractivity contribution < 1.29 is 27.5 Å². The van der Waals surface area contributed by atoms with E-state index in [-0.39, 0.29) is 10.7 Å². The van der Waals surface area contributed by atoms with Crippen molar-refractivity contribution in [2.24, 2.45) is 0 Å². The minimum atomic E-state index is -3.57. The lowest BCUT2D eigenvalue weighted by Gasteiger charge is -2.26. The second kappa shape index (κ2) is 10.7. The van der Waals surface area contributed by atoms with Gasteiger partial charge in [0.1, 0.15) is 0 Å². The van der Waals surface area contributed by atoms with Crippen molar-refractivity contribution in [3.05, 3.63) is 71.3 Å². The molecule has 8 heteroatoms. The van der Waals surface area contributed by atoms with Gasteiger partial charge in [-0.15, -0.1) is 0 Å². The van der Waals surface area contributed by atoms with Crippen LogP contribution in [0.5, 0.6) is 0 Å². The number of rotatable bonds is 8. The number of aryl methyl sites for hydroxylation is 1.